The highest BCUT2D eigenvalue weighted by molar-refractivity contribution is 5.80. The summed E-state index contributed by atoms with van der Waals surface area (Å²) >= 11 is 0. The van der Waals surface area contributed by atoms with E-state index in [2.05, 4.69) is 67.8 Å². The van der Waals surface area contributed by atoms with Gasteiger partial charge in [-0.3, -0.25) is 14.4 Å². The summed E-state index contributed by atoms with van der Waals surface area (Å²) in [5.74, 6) is -1.25. The maximum Gasteiger partial charge on any atom is 0.322 e. The van der Waals surface area contributed by atoms with Gasteiger partial charge in [0, 0.05) is 12.8 Å². The number of esters is 1. The first kappa shape index (κ1) is 50.4. The molecule has 0 aliphatic rings. The Bertz CT molecular complexity index is 953. The molecule has 0 saturated carbocycles. The lowest BCUT2D eigenvalue weighted by Gasteiger charge is -2.18. The van der Waals surface area contributed by atoms with Crippen molar-refractivity contribution in [2.45, 2.75) is 225 Å². The smallest absolute Gasteiger partial charge is 0.322 e. The number of unbranched alkanes of at least 4 members (excludes halogenated alkanes) is 21. The number of carboxylic acids is 1. The van der Waals surface area contributed by atoms with Crippen LogP contribution in [-0.4, -0.2) is 35.6 Å². The van der Waals surface area contributed by atoms with Crippen molar-refractivity contribution in [2.75, 3.05) is 6.54 Å². The fourth-order valence-corrected chi connectivity index (χ4v) is 6.51. The van der Waals surface area contributed by atoms with E-state index in [0.717, 1.165) is 109 Å². The number of carbonyl (C=O) groups excluding carboxylic acids is 2. The molecule has 0 saturated heterocycles. The van der Waals surface area contributed by atoms with E-state index < -0.39 is 5.97 Å². The van der Waals surface area contributed by atoms with Crippen LogP contribution in [0.15, 0.2) is 48.6 Å². The largest absolute Gasteiger partial charge is 0.480 e. The van der Waals surface area contributed by atoms with E-state index in [4.69, 9.17) is 9.84 Å². The molecule has 53 heavy (non-hydrogen) atoms. The van der Waals surface area contributed by atoms with Crippen molar-refractivity contribution in [3.63, 3.8) is 0 Å². The molecule has 0 aromatic rings. The molecule has 1 atom stereocenters. The summed E-state index contributed by atoms with van der Waals surface area (Å²) in [7, 11) is 0. The Morgan fingerprint density at radius 3 is 1.42 bits per heavy atom. The van der Waals surface area contributed by atoms with Crippen molar-refractivity contribution in [2.24, 2.45) is 0 Å². The Morgan fingerprint density at radius 1 is 0.509 bits per heavy atom. The zero-order valence-corrected chi connectivity index (χ0v) is 34.6. The highest BCUT2D eigenvalue weighted by atomic mass is 16.5. The fourth-order valence-electron chi connectivity index (χ4n) is 6.51. The summed E-state index contributed by atoms with van der Waals surface area (Å²) in [6.07, 6.45) is 53.8. The van der Waals surface area contributed by atoms with Gasteiger partial charge in [0.2, 0.25) is 5.91 Å². The van der Waals surface area contributed by atoms with Crippen LogP contribution < -0.4 is 5.32 Å². The number of aliphatic carboxylic acids is 1. The summed E-state index contributed by atoms with van der Waals surface area (Å²) in [6.45, 7) is 4.12. The molecule has 0 aliphatic carbocycles. The van der Waals surface area contributed by atoms with Gasteiger partial charge >= 0.3 is 11.9 Å². The summed E-state index contributed by atoms with van der Waals surface area (Å²) in [6, 6.07) is 0. The SMILES string of the molecule is CC/C=C\C/C=C\C/C=C\C/C=C\CCCCCCC(=O)OC(CCCCCCCCCCCCCCCC)CCCCCCCC(=O)NCC(=O)O. The lowest BCUT2D eigenvalue weighted by molar-refractivity contribution is -0.150. The van der Waals surface area contributed by atoms with Gasteiger partial charge in [-0.05, 0) is 77.0 Å². The molecule has 0 heterocycles. The quantitative estimate of drug-likeness (QED) is 0.0370. The molecule has 1 amide bonds. The van der Waals surface area contributed by atoms with E-state index in [9.17, 15) is 14.4 Å². The van der Waals surface area contributed by atoms with Crippen molar-refractivity contribution < 1.29 is 24.2 Å². The molecule has 2 N–H and O–H groups in total. The van der Waals surface area contributed by atoms with Gasteiger partial charge in [-0.25, -0.2) is 0 Å². The highest BCUT2D eigenvalue weighted by Crippen LogP contribution is 2.19. The van der Waals surface area contributed by atoms with Gasteiger partial charge in [-0.15, -0.1) is 0 Å². The fraction of sp³-hybridized carbons (Fsp3) is 0.766. The number of nitrogens with one attached hydrogen (secondary N) is 1. The van der Waals surface area contributed by atoms with E-state index in [0.29, 0.717) is 12.8 Å². The number of carboxylic acid groups (broad SMARTS) is 1. The number of amides is 1. The minimum Gasteiger partial charge on any atom is -0.480 e. The molecule has 306 valence electrons. The number of allylic oxidation sites excluding steroid dienone is 8. The van der Waals surface area contributed by atoms with E-state index in [1.165, 1.54) is 83.5 Å². The number of carbonyl (C=O) groups is 3. The zero-order valence-electron chi connectivity index (χ0n) is 34.6. The van der Waals surface area contributed by atoms with Crippen LogP contribution in [0.2, 0.25) is 0 Å². The predicted molar refractivity (Wildman–Crippen MR) is 226 cm³/mol. The highest BCUT2D eigenvalue weighted by Gasteiger charge is 2.14. The monoisotopic (exact) mass is 742 g/mol. The Morgan fingerprint density at radius 2 is 0.925 bits per heavy atom. The van der Waals surface area contributed by atoms with Crippen LogP contribution in [-0.2, 0) is 19.1 Å². The minimum absolute atomic E-state index is 0.0137. The molecule has 0 radical (unpaired) electrons. The van der Waals surface area contributed by atoms with Crippen molar-refractivity contribution in [3.8, 4) is 0 Å². The predicted octanol–water partition coefficient (Wildman–Crippen LogP) is 13.8. The first-order chi connectivity index (χ1) is 26.0. The zero-order chi connectivity index (χ0) is 38.7. The molecule has 6 heteroatoms. The second kappa shape index (κ2) is 42.1. The lowest BCUT2D eigenvalue weighted by Crippen LogP contribution is -2.28. The number of hydrogen-bond donors (Lipinski definition) is 2. The minimum atomic E-state index is -1.02. The third-order valence-electron chi connectivity index (χ3n) is 9.77. The molecule has 6 nitrogen and oxygen atoms in total. The van der Waals surface area contributed by atoms with Crippen LogP contribution in [0.5, 0.6) is 0 Å². The Kier molecular flexibility index (Phi) is 40.0. The van der Waals surface area contributed by atoms with E-state index in [1.807, 2.05) is 0 Å². The molecular formula is C47H83NO5. The average Bonchev–Trinajstić information content (AvgIpc) is 3.14. The van der Waals surface area contributed by atoms with Crippen molar-refractivity contribution in [3.05, 3.63) is 48.6 Å². The van der Waals surface area contributed by atoms with Crippen LogP contribution in [0, 0.1) is 0 Å². The summed E-state index contributed by atoms with van der Waals surface area (Å²) < 4.78 is 6.03. The standard InChI is InChI=1S/C47H83NO5/c1-3-5-7-9-11-13-15-17-19-20-21-23-25-27-29-34-38-42-47(52)53-44(40-36-32-30-33-37-41-45(49)48-43-46(50)51)39-35-31-28-26-24-22-18-16-14-12-10-8-6-4-2/h5,7,11,13,17,19,21,23,44H,3-4,6,8-10,12,14-16,18,20,22,24-43H2,1-2H3,(H,48,49)(H,50,51)/b7-5-,13-11-,19-17-,23-21-. The Balaban J connectivity index is 4.21. The maximum absolute atomic E-state index is 12.8. The molecular weight excluding hydrogens is 659 g/mol. The van der Waals surface area contributed by atoms with Crippen molar-refractivity contribution >= 4 is 17.8 Å². The Hall–Kier alpha value is -2.63. The average molecular weight is 742 g/mol. The first-order valence-electron chi connectivity index (χ1n) is 22.3. The second-order valence-electron chi connectivity index (χ2n) is 14.9. The molecule has 0 aromatic carbocycles. The maximum atomic E-state index is 12.8. The number of rotatable bonds is 40. The van der Waals surface area contributed by atoms with Gasteiger partial charge in [-0.2, -0.15) is 0 Å². The van der Waals surface area contributed by atoms with Gasteiger partial charge in [0.15, 0.2) is 0 Å². The molecule has 0 aliphatic heterocycles. The first-order valence-corrected chi connectivity index (χ1v) is 22.3. The van der Waals surface area contributed by atoms with Gasteiger partial charge in [0.25, 0.3) is 0 Å². The van der Waals surface area contributed by atoms with Crippen LogP contribution in [0.4, 0.5) is 0 Å². The van der Waals surface area contributed by atoms with E-state index in [-0.39, 0.29) is 24.5 Å². The topological polar surface area (TPSA) is 92.7 Å². The Labute approximate surface area is 327 Å². The van der Waals surface area contributed by atoms with Crippen molar-refractivity contribution in [1.29, 1.82) is 0 Å². The molecule has 0 spiro atoms. The van der Waals surface area contributed by atoms with Crippen LogP contribution in [0.1, 0.15) is 219 Å². The third-order valence-corrected chi connectivity index (χ3v) is 9.77. The molecule has 0 bridgehead atoms. The second-order valence-corrected chi connectivity index (χ2v) is 14.9. The van der Waals surface area contributed by atoms with E-state index in [1.54, 1.807) is 0 Å². The molecule has 0 aromatic heterocycles. The van der Waals surface area contributed by atoms with Gasteiger partial charge in [-0.1, -0.05) is 178 Å². The van der Waals surface area contributed by atoms with Gasteiger partial charge in [0.1, 0.15) is 12.6 Å². The molecule has 1 unspecified atom stereocenters. The van der Waals surface area contributed by atoms with E-state index >= 15 is 0 Å². The van der Waals surface area contributed by atoms with Crippen molar-refractivity contribution in [1.82, 2.24) is 5.32 Å². The normalized spacial score (nSPS) is 12.5. The van der Waals surface area contributed by atoms with Crippen LogP contribution >= 0.6 is 0 Å². The number of hydrogen-bond acceptors (Lipinski definition) is 4. The molecule has 0 rings (SSSR count). The summed E-state index contributed by atoms with van der Waals surface area (Å²) in [5.41, 5.74) is 0. The summed E-state index contributed by atoms with van der Waals surface area (Å²) in [5, 5.41) is 11.1. The summed E-state index contributed by atoms with van der Waals surface area (Å²) in [4.78, 5) is 35.1. The van der Waals surface area contributed by atoms with Crippen LogP contribution in [0.3, 0.4) is 0 Å². The number of ether oxygens (including phenoxy) is 1. The third kappa shape index (κ3) is 42.0. The molecule has 0 fully saturated rings. The van der Waals surface area contributed by atoms with Gasteiger partial charge < -0.3 is 15.2 Å². The van der Waals surface area contributed by atoms with Gasteiger partial charge in [0.05, 0.1) is 0 Å². The van der Waals surface area contributed by atoms with Crippen LogP contribution in [0.25, 0.3) is 0 Å². The lowest BCUT2D eigenvalue weighted by atomic mass is 10.0.